The number of carbonyl (C=O) groups is 1. The fraction of sp³-hybridized carbons (Fsp3) is 0.238. The van der Waals surface area contributed by atoms with Gasteiger partial charge in [0.1, 0.15) is 12.4 Å². The van der Waals surface area contributed by atoms with Gasteiger partial charge < -0.3 is 15.4 Å². The number of aryl methyl sites for hydroxylation is 1. The predicted octanol–water partition coefficient (Wildman–Crippen LogP) is 5.26. The van der Waals surface area contributed by atoms with Crippen LogP contribution in [0.5, 0.6) is 5.75 Å². The van der Waals surface area contributed by atoms with E-state index in [-0.39, 0.29) is 19.1 Å². The summed E-state index contributed by atoms with van der Waals surface area (Å²) < 4.78 is 6.02. The van der Waals surface area contributed by atoms with E-state index >= 15 is 0 Å². The van der Waals surface area contributed by atoms with Gasteiger partial charge in [0, 0.05) is 22.7 Å². The van der Waals surface area contributed by atoms with E-state index in [1.54, 1.807) is 31.3 Å². The summed E-state index contributed by atoms with van der Waals surface area (Å²) in [5.41, 5.74) is 8.12. The van der Waals surface area contributed by atoms with Crippen LogP contribution in [0.1, 0.15) is 18.2 Å². The highest BCUT2D eigenvalue weighted by molar-refractivity contribution is 6.39. The van der Waals surface area contributed by atoms with E-state index in [4.69, 9.17) is 50.3 Å². The quantitative estimate of drug-likeness (QED) is 0.554. The Hall–Kier alpha value is -2.05. The van der Waals surface area contributed by atoms with Crippen LogP contribution in [0.3, 0.4) is 0 Å². The van der Waals surface area contributed by atoms with Crippen LogP contribution in [-0.2, 0) is 17.8 Å². The first-order chi connectivity index (χ1) is 13.9. The number of amides is 1. The highest BCUT2D eigenvalue weighted by atomic mass is 35.5. The largest absolute Gasteiger partial charge is 0.488 e. The van der Waals surface area contributed by atoms with Gasteiger partial charge in [0.05, 0.1) is 33.9 Å². The number of hydrogen-bond donors (Lipinski definition) is 1. The number of aromatic nitrogens is 1. The monoisotopic (exact) mass is 451 g/mol. The minimum absolute atomic E-state index is 0.128. The van der Waals surface area contributed by atoms with Gasteiger partial charge in [-0.15, -0.1) is 0 Å². The molecule has 1 amide bonds. The summed E-state index contributed by atoms with van der Waals surface area (Å²) in [4.78, 5) is 18.3. The first-order valence-corrected chi connectivity index (χ1v) is 10.2. The van der Waals surface area contributed by atoms with Crippen LogP contribution in [0.25, 0.3) is 10.9 Å². The van der Waals surface area contributed by atoms with Gasteiger partial charge in [-0.05, 0) is 30.7 Å². The third-order valence-corrected chi connectivity index (χ3v) is 5.69. The number of anilines is 1. The smallest absolute Gasteiger partial charge is 0.240 e. The van der Waals surface area contributed by atoms with Crippen molar-refractivity contribution in [2.75, 3.05) is 18.5 Å². The number of halogens is 3. The average molecular weight is 453 g/mol. The van der Waals surface area contributed by atoms with Crippen molar-refractivity contribution >= 4 is 57.3 Å². The van der Waals surface area contributed by atoms with Crippen LogP contribution in [0, 0.1) is 0 Å². The summed E-state index contributed by atoms with van der Waals surface area (Å²) in [7, 11) is 1.63. The number of hydrogen-bond acceptors (Lipinski definition) is 4. The molecule has 0 aliphatic carbocycles. The van der Waals surface area contributed by atoms with Gasteiger partial charge in [-0.2, -0.15) is 0 Å². The highest BCUT2D eigenvalue weighted by Gasteiger charge is 2.22. The normalized spacial score (nSPS) is 11.0. The van der Waals surface area contributed by atoms with Crippen LogP contribution in [0.2, 0.25) is 15.1 Å². The fourth-order valence-electron chi connectivity index (χ4n) is 3.07. The maximum Gasteiger partial charge on any atom is 0.240 e. The SMILES string of the molecule is CCc1nc2cccc(OCc3c(Cl)cccc3Cl)c2c(Cl)c1N(C)C(=O)CN. The zero-order chi connectivity index (χ0) is 21.1. The summed E-state index contributed by atoms with van der Waals surface area (Å²) in [6, 6.07) is 10.8. The Balaban J connectivity index is 2.10. The molecule has 3 rings (SSSR count). The molecule has 1 heterocycles. The van der Waals surface area contributed by atoms with Crippen LogP contribution in [0.4, 0.5) is 5.69 Å². The molecule has 1 aromatic heterocycles. The molecule has 2 N–H and O–H groups in total. The van der Waals surface area contributed by atoms with Crippen LogP contribution >= 0.6 is 34.8 Å². The van der Waals surface area contributed by atoms with Crippen molar-refractivity contribution in [3.8, 4) is 5.75 Å². The second kappa shape index (κ2) is 9.18. The minimum Gasteiger partial charge on any atom is -0.488 e. The van der Waals surface area contributed by atoms with Crippen molar-refractivity contribution in [1.29, 1.82) is 0 Å². The maximum atomic E-state index is 12.2. The third-order valence-electron chi connectivity index (χ3n) is 4.61. The molecule has 3 aromatic rings. The van der Waals surface area contributed by atoms with E-state index in [2.05, 4.69) is 0 Å². The second-order valence-electron chi connectivity index (χ2n) is 6.37. The van der Waals surface area contributed by atoms with Gasteiger partial charge >= 0.3 is 0 Å². The van der Waals surface area contributed by atoms with Crippen molar-refractivity contribution < 1.29 is 9.53 Å². The Labute approximate surface area is 184 Å². The molecule has 0 saturated carbocycles. The van der Waals surface area contributed by atoms with E-state index in [9.17, 15) is 4.79 Å². The molecule has 2 aromatic carbocycles. The maximum absolute atomic E-state index is 12.2. The van der Waals surface area contributed by atoms with Gasteiger partial charge in [0.25, 0.3) is 0 Å². The standard InChI is InChI=1S/C21H20Cl3N3O2/c1-3-15-21(27(2)18(28)10-25)20(24)19-16(26-15)8-5-9-17(19)29-11-12-13(22)6-4-7-14(12)23/h4-9H,3,10-11,25H2,1-2H3. The van der Waals surface area contributed by atoms with E-state index < -0.39 is 0 Å². The molecule has 0 fully saturated rings. The summed E-state index contributed by atoms with van der Waals surface area (Å²) in [6.07, 6.45) is 0.605. The van der Waals surface area contributed by atoms with Crippen LogP contribution in [-0.4, -0.2) is 24.5 Å². The molecule has 8 heteroatoms. The lowest BCUT2D eigenvalue weighted by Crippen LogP contribution is -2.33. The fourth-order valence-corrected chi connectivity index (χ4v) is 4.00. The Kier molecular flexibility index (Phi) is 6.85. The molecular weight excluding hydrogens is 433 g/mol. The van der Waals surface area contributed by atoms with Gasteiger partial charge in [-0.25, -0.2) is 0 Å². The van der Waals surface area contributed by atoms with Crippen molar-refractivity contribution in [3.05, 3.63) is 62.7 Å². The molecule has 0 atom stereocenters. The summed E-state index contributed by atoms with van der Waals surface area (Å²) in [5, 5.41) is 2.03. The number of likely N-dealkylation sites (N-methyl/N-ethyl adjacent to an activating group) is 1. The van der Waals surface area contributed by atoms with E-state index in [0.717, 1.165) is 0 Å². The lowest BCUT2D eigenvalue weighted by molar-refractivity contribution is -0.117. The first-order valence-electron chi connectivity index (χ1n) is 9.02. The van der Waals surface area contributed by atoms with Gasteiger partial charge in [0.2, 0.25) is 5.91 Å². The summed E-state index contributed by atoms with van der Waals surface area (Å²) >= 11 is 19.3. The number of pyridine rings is 1. The number of rotatable bonds is 6. The molecular formula is C21H20Cl3N3O2. The number of fused-ring (bicyclic) bond motifs is 1. The summed E-state index contributed by atoms with van der Waals surface area (Å²) in [5.74, 6) is 0.262. The Morgan fingerprint density at radius 2 is 1.79 bits per heavy atom. The van der Waals surface area contributed by atoms with E-state index in [1.165, 1.54) is 4.90 Å². The van der Waals surface area contributed by atoms with Gasteiger partial charge in [-0.1, -0.05) is 53.9 Å². The first kappa shape index (κ1) is 21.7. The topological polar surface area (TPSA) is 68.5 Å². The molecule has 5 nitrogen and oxygen atoms in total. The molecule has 0 unspecified atom stereocenters. The molecule has 29 heavy (non-hydrogen) atoms. The molecule has 0 saturated heterocycles. The molecule has 152 valence electrons. The number of benzene rings is 2. The number of nitrogens with two attached hydrogens (primary N) is 1. The van der Waals surface area contributed by atoms with E-state index in [1.807, 2.05) is 19.1 Å². The van der Waals surface area contributed by atoms with Crippen molar-refractivity contribution in [1.82, 2.24) is 4.98 Å². The van der Waals surface area contributed by atoms with Crippen LogP contribution in [0.15, 0.2) is 36.4 Å². The summed E-state index contributed by atoms with van der Waals surface area (Å²) in [6.45, 7) is 1.99. The molecule has 0 aliphatic rings. The zero-order valence-corrected chi connectivity index (χ0v) is 18.3. The number of carbonyl (C=O) groups excluding carboxylic acids is 1. The van der Waals surface area contributed by atoms with Crippen molar-refractivity contribution in [2.24, 2.45) is 5.73 Å². The highest BCUT2D eigenvalue weighted by Crippen LogP contribution is 2.40. The lowest BCUT2D eigenvalue weighted by atomic mass is 10.1. The van der Waals surface area contributed by atoms with Crippen molar-refractivity contribution in [3.63, 3.8) is 0 Å². The molecule has 0 spiro atoms. The zero-order valence-electron chi connectivity index (χ0n) is 16.0. The molecule has 0 bridgehead atoms. The average Bonchev–Trinajstić information content (AvgIpc) is 2.71. The number of ether oxygens (including phenoxy) is 1. The number of nitrogens with zero attached hydrogens (tertiary/aromatic N) is 2. The van der Waals surface area contributed by atoms with E-state index in [0.29, 0.717) is 55.1 Å². The minimum atomic E-state index is -0.260. The second-order valence-corrected chi connectivity index (χ2v) is 7.56. The third kappa shape index (κ3) is 4.28. The predicted molar refractivity (Wildman–Crippen MR) is 119 cm³/mol. The molecule has 0 radical (unpaired) electrons. The van der Waals surface area contributed by atoms with Crippen molar-refractivity contribution in [2.45, 2.75) is 20.0 Å². The Morgan fingerprint density at radius 3 is 2.41 bits per heavy atom. The lowest BCUT2D eigenvalue weighted by Gasteiger charge is -2.22. The Bertz CT molecular complexity index is 1050. The molecule has 0 aliphatic heterocycles. The van der Waals surface area contributed by atoms with Gasteiger partial charge in [0.15, 0.2) is 0 Å². The van der Waals surface area contributed by atoms with Gasteiger partial charge in [-0.3, -0.25) is 9.78 Å². The van der Waals surface area contributed by atoms with Crippen LogP contribution < -0.4 is 15.4 Å². The Morgan fingerprint density at radius 1 is 1.14 bits per heavy atom.